The molecule has 1 amide bonds. The zero-order valence-electron chi connectivity index (χ0n) is 10.1. The van der Waals surface area contributed by atoms with Crippen LogP contribution in [0, 0.1) is 5.82 Å². The van der Waals surface area contributed by atoms with Crippen LogP contribution in [-0.4, -0.2) is 43.2 Å². The molecule has 2 aliphatic rings. The van der Waals surface area contributed by atoms with Gasteiger partial charge in [-0.2, -0.15) is 0 Å². The molecule has 1 aromatic carbocycles. The third-order valence-electron chi connectivity index (χ3n) is 3.56. The van der Waals surface area contributed by atoms with Crippen molar-refractivity contribution < 1.29 is 18.7 Å². The van der Waals surface area contributed by atoms with Gasteiger partial charge in [-0.25, -0.2) is 4.39 Å². The van der Waals surface area contributed by atoms with E-state index in [4.69, 9.17) is 9.47 Å². The maximum Gasteiger partial charge on any atom is 0.254 e. The first-order chi connectivity index (χ1) is 8.69. The van der Waals surface area contributed by atoms with E-state index < -0.39 is 5.82 Å². The van der Waals surface area contributed by atoms with Crippen LogP contribution in [0.3, 0.4) is 0 Å². The molecule has 2 heterocycles. The van der Waals surface area contributed by atoms with E-state index in [1.165, 1.54) is 19.2 Å². The second kappa shape index (κ2) is 4.24. The van der Waals surface area contributed by atoms with Gasteiger partial charge in [0.15, 0.2) is 11.6 Å². The summed E-state index contributed by atoms with van der Waals surface area (Å²) in [6.07, 6.45) is 1.05. The van der Waals surface area contributed by atoms with Gasteiger partial charge in [0.2, 0.25) is 0 Å². The molecule has 0 N–H and O–H groups in total. The number of hydrogen-bond donors (Lipinski definition) is 0. The molecule has 2 fully saturated rings. The van der Waals surface area contributed by atoms with Crippen molar-refractivity contribution in [3.63, 3.8) is 0 Å². The van der Waals surface area contributed by atoms with E-state index in [-0.39, 0.29) is 23.8 Å². The fraction of sp³-hybridized carbons (Fsp3) is 0.462. The van der Waals surface area contributed by atoms with Gasteiger partial charge < -0.3 is 14.4 Å². The van der Waals surface area contributed by atoms with Crippen molar-refractivity contribution in [2.24, 2.45) is 0 Å². The van der Waals surface area contributed by atoms with Crippen LogP contribution in [0.4, 0.5) is 4.39 Å². The van der Waals surface area contributed by atoms with Crippen LogP contribution in [0.1, 0.15) is 16.8 Å². The highest BCUT2D eigenvalue weighted by atomic mass is 19.1. The third kappa shape index (κ3) is 1.75. The highest BCUT2D eigenvalue weighted by Crippen LogP contribution is 2.29. The van der Waals surface area contributed by atoms with Gasteiger partial charge in [0.05, 0.1) is 25.9 Å². The molecule has 18 heavy (non-hydrogen) atoms. The lowest BCUT2D eigenvalue weighted by Gasteiger charge is -2.27. The maximum atomic E-state index is 13.6. The van der Waals surface area contributed by atoms with E-state index >= 15 is 0 Å². The summed E-state index contributed by atoms with van der Waals surface area (Å²) in [5.74, 6) is -0.492. The van der Waals surface area contributed by atoms with Crippen LogP contribution in [-0.2, 0) is 4.74 Å². The monoisotopic (exact) mass is 251 g/mol. The minimum absolute atomic E-state index is 0.132. The van der Waals surface area contributed by atoms with Gasteiger partial charge in [0.25, 0.3) is 5.91 Å². The molecule has 2 saturated heterocycles. The standard InChI is InChI=1S/C13H14FNO3/c1-17-12-3-2-8(4-11(12)14)13(16)15-6-10-5-9(15)7-18-10/h2-4,9-10H,5-7H2,1H3/t9-,10+/m0/s1. The molecule has 0 saturated carbocycles. The Morgan fingerprint density at radius 2 is 2.39 bits per heavy atom. The van der Waals surface area contributed by atoms with Gasteiger partial charge in [-0.1, -0.05) is 0 Å². The fourth-order valence-corrected chi connectivity index (χ4v) is 2.61. The van der Waals surface area contributed by atoms with Crippen LogP contribution in [0.25, 0.3) is 0 Å². The van der Waals surface area contributed by atoms with Crippen molar-refractivity contribution >= 4 is 5.91 Å². The van der Waals surface area contributed by atoms with Gasteiger partial charge >= 0.3 is 0 Å². The summed E-state index contributed by atoms with van der Waals surface area (Å²) < 4.78 is 23.8. The summed E-state index contributed by atoms with van der Waals surface area (Å²) in [6, 6.07) is 4.45. The SMILES string of the molecule is COc1ccc(C(=O)N2C[C@H]3C[C@H]2CO3)cc1F. The molecule has 2 bridgehead atoms. The van der Waals surface area contributed by atoms with Crippen molar-refractivity contribution in [1.82, 2.24) is 4.90 Å². The van der Waals surface area contributed by atoms with Crippen molar-refractivity contribution in [3.05, 3.63) is 29.6 Å². The summed E-state index contributed by atoms with van der Waals surface area (Å²) in [7, 11) is 1.40. The molecule has 96 valence electrons. The highest BCUT2D eigenvalue weighted by Gasteiger charge is 2.41. The summed E-state index contributed by atoms with van der Waals surface area (Å²) in [5, 5.41) is 0. The lowest BCUT2D eigenvalue weighted by molar-refractivity contribution is 0.0259. The number of morpholine rings is 1. The Balaban J connectivity index is 1.82. The first kappa shape index (κ1) is 11.5. The zero-order valence-corrected chi connectivity index (χ0v) is 10.1. The Kier molecular flexibility index (Phi) is 2.70. The first-order valence-electron chi connectivity index (χ1n) is 5.95. The number of likely N-dealkylation sites (tertiary alicyclic amines) is 1. The van der Waals surface area contributed by atoms with E-state index in [2.05, 4.69) is 0 Å². The highest BCUT2D eigenvalue weighted by molar-refractivity contribution is 5.95. The number of fused-ring (bicyclic) bond motifs is 2. The van der Waals surface area contributed by atoms with Gasteiger partial charge in [0, 0.05) is 12.1 Å². The van der Waals surface area contributed by atoms with Crippen LogP contribution < -0.4 is 4.74 Å². The average molecular weight is 251 g/mol. The lowest BCUT2D eigenvalue weighted by atomic mass is 10.1. The minimum atomic E-state index is -0.510. The molecular weight excluding hydrogens is 237 g/mol. The van der Waals surface area contributed by atoms with Crippen molar-refractivity contribution in [2.75, 3.05) is 20.3 Å². The molecule has 5 heteroatoms. The summed E-state index contributed by atoms with van der Waals surface area (Å²) in [5.41, 5.74) is 0.362. The molecule has 0 unspecified atom stereocenters. The van der Waals surface area contributed by atoms with Gasteiger partial charge in [0.1, 0.15) is 0 Å². The van der Waals surface area contributed by atoms with E-state index in [0.29, 0.717) is 18.7 Å². The Morgan fingerprint density at radius 1 is 1.56 bits per heavy atom. The van der Waals surface area contributed by atoms with Gasteiger partial charge in [-0.15, -0.1) is 0 Å². The smallest absolute Gasteiger partial charge is 0.254 e. The molecule has 0 aromatic heterocycles. The van der Waals surface area contributed by atoms with Crippen LogP contribution in [0.2, 0.25) is 0 Å². The Labute approximate surface area is 104 Å². The van der Waals surface area contributed by atoms with Gasteiger partial charge in [-0.3, -0.25) is 4.79 Å². The van der Waals surface area contributed by atoms with Crippen LogP contribution in [0.5, 0.6) is 5.75 Å². The molecule has 2 atom stereocenters. The van der Waals surface area contributed by atoms with E-state index in [9.17, 15) is 9.18 Å². The third-order valence-corrected chi connectivity index (χ3v) is 3.56. The molecule has 0 radical (unpaired) electrons. The van der Waals surface area contributed by atoms with Crippen molar-refractivity contribution in [2.45, 2.75) is 18.6 Å². The number of carbonyl (C=O) groups is 1. The van der Waals surface area contributed by atoms with E-state index in [0.717, 1.165) is 6.42 Å². The molecular formula is C13H14FNO3. The largest absolute Gasteiger partial charge is 0.494 e. The molecule has 0 aliphatic carbocycles. The predicted molar refractivity (Wildman–Crippen MR) is 62.1 cm³/mol. The predicted octanol–water partition coefficient (Wildman–Crippen LogP) is 1.45. The van der Waals surface area contributed by atoms with Crippen LogP contribution in [0.15, 0.2) is 18.2 Å². The Morgan fingerprint density at radius 3 is 2.94 bits per heavy atom. The van der Waals surface area contributed by atoms with Crippen molar-refractivity contribution in [1.29, 1.82) is 0 Å². The summed E-state index contributed by atoms with van der Waals surface area (Å²) in [4.78, 5) is 14.0. The number of carbonyl (C=O) groups excluding carboxylic acids is 1. The van der Waals surface area contributed by atoms with E-state index in [1.807, 2.05) is 0 Å². The maximum absolute atomic E-state index is 13.6. The normalized spacial score (nSPS) is 25.6. The van der Waals surface area contributed by atoms with Gasteiger partial charge in [-0.05, 0) is 24.6 Å². The van der Waals surface area contributed by atoms with Crippen molar-refractivity contribution in [3.8, 4) is 5.75 Å². The second-order valence-corrected chi connectivity index (χ2v) is 4.65. The quantitative estimate of drug-likeness (QED) is 0.798. The molecule has 1 aromatic rings. The molecule has 3 rings (SSSR count). The van der Waals surface area contributed by atoms with Crippen LogP contribution >= 0.6 is 0 Å². The number of halogens is 1. The number of amides is 1. The molecule has 4 nitrogen and oxygen atoms in total. The number of benzene rings is 1. The number of nitrogens with zero attached hydrogens (tertiary/aromatic N) is 1. The Bertz CT molecular complexity index is 491. The fourth-order valence-electron chi connectivity index (χ4n) is 2.61. The topological polar surface area (TPSA) is 38.8 Å². The lowest BCUT2D eigenvalue weighted by Crippen LogP contribution is -2.41. The summed E-state index contributed by atoms with van der Waals surface area (Å²) in [6.45, 7) is 1.20. The number of methoxy groups -OCH3 is 1. The number of ether oxygens (including phenoxy) is 2. The zero-order chi connectivity index (χ0) is 12.7. The minimum Gasteiger partial charge on any atom is -0.494 e. The average Bonchev–Trinajstić information content (AvgIpc) is 3.00. The second-order valence-electron chi connectivity index (χ2n) is 4.65. The number of hydrogen-bond acceptors (Lipinski definition) is 3. The number of rotatable bonds is 2. The molecule has 2 aliphatic heterocycles. The Hall–Kier alpha value is -1.62. The van der Waals surface area contributed by atoms with E-state index in [1.54, 1.807) is 11.0 Å². The molecule has 0 spiro atoms. The first-order valence-corrected chi connectivity index (χ1v) is 5.95. The summed E-state index contributed by atoms with van der Waals surface area (Å²) >= 11 is 0.